The van der Waals surface area contributed by atoms with Gasteiger partial charge in [-0.05, 0) is 56.4 Å². The van der Waals surface area contributed by atoms with Crippen LogP contribution in [0.25, 0.3) is 0 Å². The molecule has 0 saturated heterocycles. The van der Waals surface area contributed by atoms with Gasteiger partial charge in [0.25, 0.3) is 0 Å². The first-order chi connectivity index (χ1) is 13.3. The summed E-state index contributed by atoms with van der Waals surface area (Å²) >= 11 is 0. The minimum atomic E-state index is -0.521. The molecular formula is C24H32N2O2. The van der Waals surface area contributed by atoms with Crippen LogP contribution >= 0.6 is 0 Å². The lowest BCUT2D eigenvalue weighted by Crippen LogP contribution is -2.48. The standard InChI is InChI=1S/C24H32N2O2/c1-6-13-25-24(28)20(5)26(16-21-10-7-17(2)8-11-21)23(27)15-22-12-9-18(3)19(4)14-22/h7-12,14,20H,6,13,15-16H2,1-5H3,(H,25,28)/t20-/m0/s1. The second kappa shape index (κ2) is 10.1. The highest BCUT2D eigenvalue weighted by atomic mass is 16.2. The molecule has 2 aromatic rings. The minimum Gasteiger partial charge on any atom is -0.354 e. The van der Waals surface area contributed by atoms with Gasteiger partial charge in [-0.25, -0.2) is 0 Å². The third-order valence-corrected chi connectivity index (χ3v) is 5.12. The number of hydrogen-bond acceptors (Lipinski definition) is 2. The summed E-state index contributed by atoms with van der Waals surface area (Å²) in [4.78, 5) is 27.4. The predicted octanol–water partition coefficient (Wildman–Crippen LogP) is 4.10. The zero-order chi connectivity index (χ0) is 20.7. The van der Waals surface area contributed by atoms with Gasteiger partial charge in [0.2, 0.25) is 11.8 Å². The monoisotopic (exact) mass is 380 g/mol. The SMILES string of the molecule is CCCNC(=O)[C@H](C)N(Cc1ccc(C)cc1)C(=O)Cc1ccc(C)c(C)c1. The van der Waals surface area contributed by atoms with Crippen LogP contribution in [-0.4, -0.2) is 29.3 Å². The summed E-state index contributed by atoms with van der Waals surface area (Å²) in [5, 5.41) is 2.91. The molecule has 2 aromatic carbocycles. The normalized spacial score (nSPS) is 11.8. The number of aryl methyl sites for hydroxylation is 3. The van der Waals surface area contributed by atoms with E-state index < -0.39 is 6.04 Å². The lowest BCUT2D eigenvalue weighted by molar-refractivity contribution is -0.140. The lowest BCUT2D eigenvalue weighted by Gasteiger charge is -2.29. The van der Waals surface area contributed by atoms with Crippen molar-refractivity contribution in [2.75, 3.05) is 6.54 Å². The Kier molecular flexibility index (Phi) is 7.80. The maximum absolute atomic E-state index is 13.1. The summed E-state index contributed by atoms with van der Waals surface area (Å²) in [6.07, 6.45) is 1.16. The fraction of sp³-hybridized carbons (Fsp3) is 0.417. The van der Waals surface area contributed by atoms with Crippen LogP contribution in [0.5, 0.6) is 0 Å². The third-order valence-electron chi connectivity index (χ3n) is 5.12. The van der Waals surface area contributed by atoms with E-state index >= 15 is 0 Å². The smallest absolute Gasteiger partial charge is 0.242 e. The van der Waals surface area contributed by atoms with Crippen molar-refractivity contribution in [3.63, 3.8) is 0 Å². The highest BCUT2D eigenvalue weighted by Crippen LogP contribution is 2.15. The van der Waals surface area contributed by atoms with E-state index in [4.69, 9.17) is 0 Å². The largest absolute Gasteiger partial charge is 0.354 e. The average molecular weight is 381 g/mol. The van der Waals surface area contributed by atoms with Gasteiger partial charge >= 0.3 is 0 Å². The van der Waals surface area contributed by atoms with E-state index in [0.29, 0.717) is 19.5 Å². The molecule has 0 radical (unpaired) electrons. The van der Waals surface area contributed by atoms with Gasteiger partial charge in [0, 0.05) is 13.1 Å². The van der Waals surface area contributed by atoms with E-state index in [1.165, 1.54) is 16.7 Å². The molecule has 150 valence electrons. The summed E-state index contributed by atoms with van der Waals surface area (Å²) in [6, 6.07) is 13.7. The van der Waals surface area contributed by atoms with Gasteiger partial charge in [0.15, 0.2) is 0 Å². The van der Waals surface area contributed by atoms with E-state index in [1.807, 2.05) is 57.2 Å². The molecule has 4 heteroatoms. The number of benzene rings is 2. The predicted molar refractivity (Wildman–Crippen MR) is 114 cm³/mol. The number of carbonyl (C=O) groups excluding carboxylic acids is 2. The zero-order valence-corrected chi connectivity index (χ0v) is 17.7. The fourth-order valence-electron chi connectivity index (χ4n) is 3.06. The molecule has 2 amide bonds. The maximum atomic E-state index is 13.1. The number of nitrogens with one attached hydrogen (secondary N) is 1. The Morgan fingerprint density at radius 2 is 1.61 bits per heavy atom. The Labute approximate surface area is 169 Å². The van der Waals surface area contributed by atoms with Gasteiger partial charge in [0.1, 0.15) is 6.04 Å². The quantitative estimate of drug-likeness (QED) is 0.750. The zero-order valence-electron chi connectivity index (χ0n) is 17.7. The van der Waals surface area contributed by atoms with Gasteiger partial charge in [-0.2, -0.15) is 0 Å². The van der Waals surface area contributed by atoms with Crippen LogP contribution in [0.3, 0.4) is 0 Å². The van der Waals surface area contributed by atoms with Gasteiger partial charge in [-0.1, -0.05) is 55.0 Å². The Morgan fingerprint density at radius 1 is 0.964 bits per heavy atom. The number of nitrogens with zero attached hydrogens (tertiary/aromatic N) is 1. The van der Waals surface area contributed by atoms with Crippen LogP contribution in [-0.2, 0) is 22.6 Å². The van der Waals surface area contributed by atoms with Crippen LogP contribution < -0.4 is 5.32 Å². The van der Waals surface area contributed by atoms with Crippen LogP contribution in [0.1, 0.15) is 48.1 Å². The van der Waals surface area contributed by atoms with E-state index in [1.54, 1.807) is 11.8 Å². The summed E-state index contributed by atoms with van der Waals surface area (Å²) in [5.74, 6) is -0.148. The number of hydrogen-bond donors (Lipinski definition) is 1. The molecular weight excluding hydrogens is 348 g/mol. The Balaban J connectivity index is 2.21. The van der Waals surface area contributed by atoms with Gasteiger partial charge in [-0.3, -0.25) is 9.59 Å². The average Bonchev–Trinajstić information content (AvgIpc) is 2.67. The number of amides is 2. The maximum Gasteiger partial charge on any atom is 0.242 e. The first-order valence-electron chi connectivity index (χ1n) is 10.0. The molecule has 0 heterocycles. The van der Waals surface area contributed by atoms with E-state index in [9.17, 15) is 9.59 Å². The fourth-order valence-corrected chi connectivity index (χ4v) is 3.06. The van der Waals surface area contributed by atoms with Crippen molar-refractivity contribution < 1.29 is 9.59 Å². The van der Waals surface area contributed by atoms with Crippen LogP contribution in [0.2, 0.25) is 0 Å². The van der Waals surface area contributed by atoms with E-state index in [0.717, 1.165) is 17.5 Å². The van der Waals surface area contributed by atoms with Gasteiger partial charge < -0.3 is 10.2 Å². The summed E-state index contributed by atoms with van der Waals surface area (Å²) < 4.78 is 0. The minimum absolute atomic E-state index is 0.0389. The van der Waals surface area contributed by atoms with Crippen molar-refractivity contribution in [3.05, 3.63) is 70.3 Å². The highest BCUT2D eigenvalue weighted by molar-refractivity contribution is 5.88. The Morgan fingerprint density at radius 3 is 2.21 bits per heavy atom. The van der Waals surface area contributed by atoms with Crippen molar-refractivity contribution in [1.29, 1.82) is 0 Å². The third kappa shape index (κ3) is 5.95. The lowest BCUT2D eigenvalue weighted by atomic mass is 10.0. The second-order valence-corrected chi connectivity index (χ2v) is 7.57. The molecule has 0 aliphatic rings. The molecule has 0 spiro atoms. The molecule has 0 fully saturated rings. The van der Waals surface area contributed by atoms with E-state index in [2.05, 4.69) is 18.3 Å². The molecule has 1 N–H and O–H groups in total. The molecule has 1 atom stereocenters. The summed E-state index contributed by atoms with van der Waals surface area (Å²) in [5.41, 5.74) is 5.55. The van der Waals surface area contributed by atoms with Crippen LogP contribution in [0.15, 0.2) is 42.5 Å². The molecule has 0 aliphatic carbocycles. The molecule has 4 nitrogen and oxygen atoms in total. The molecule has 0 unspecified atom stereocenters. The van der Waals surface area contributed by atoms with E-state index in [-0.39, 0.29) is 11.8 Å². The van der Waals surface area contributed by atoms with Crippen LogP contribution in [0.4, 0.5) is 0 Å². The molecule has 0 bridgehead atoms. The molecule has 28 heavy (non-hydrogen) atoms. The van der Waals surface area contributed by atoms with Crippen LogP contribution in [0, 0.1) is 20.8 Å². The van der Waals surface area contributed by atoms with Crippen molar-refractivity contribution >= 4 is 11.8 Å². The van der Waals surface area contributed by atoms with Crippen molar-refractivity contribution in [3.8, 4) is 0 Å². The first-order valence-corrected chi connectivity index (χ1v) is 10.0. The Bertz CT molecular complexity index is 812. The topological polar surface area (TPSA) is 49.4 Å². The molecule has 0 saturated carbocycles. The summed E-state index contributed by atoms with van der Waals surface area (Å²) in [7, 11) is 0. The Hall–Kier alpha value is -2.62. The van der Waals surface area contributed by atoms with Gasteiger partial charge in [0.05, 0.1) is 6.42 Å². The van der Waals surface area contributed by atoms with Crippen molar-refractivity contribution in [2.45, 2.75) is 60.0 Å². The summed E-state index contributed by atoms with van der Waals surface area (Å²) in [6.45, 7) is 11.0. The van der Waals surface area contributed by atoms with Gasteiger partial charge in [-0.15, -0.1) is 0 Å². The molecule has 0 aromatic heterocycles. The number of rotatable bonds is 8. The second-order valence-electron chi connectivity index (χ2n) is 7.57. The highest BCUT2D eigenvalue weighted by Gasteiger charge is 2.26. The molecule has 2 rings (SSSR count). The first kappa shape index (κ1) is 21.7. The molecule has 0 aliphatic heterocycles. The van der Waals surface area contributed by atoms with Crippen molar-refractivity contribution in [1.82, 2.24) is 10.2 Å². The number of carbonyl (C=O) groups is 2. The van der Waals surface area contributed by atoms with Crippen molar-refractivity contribution in [2.24, 2.45) is 0 Å².